The van der Waals surface area contributed by atoms with E-state index < -0.39 is 0 Å². The molecule has 1 aromatic rings. The number of carbonyl (C=O) groups is 1. The summed E-state index contributed by atoms with van der Waals surface area (Å²) in [6.07, 6.45) is 4.17. The van der Waals surface area contributed by atoms with Crippen LogP contribution in [0.15, 0.2) is 24.3 Å². The molecule has 1 aliphatic rings. The highest BCUT2D eigenvalue weighted by Crippen LogP contribution is 2.25. The van der Waals surface area contributed by atoms with Crippen molar-refractivity contribution in [2.24, 2.45) is 0 Å². The zero-order valence-electron chi connectivity index (χ0n) is 9.13. The molecule has 0 spiro atoms. The molecule has 2 heteroatoms. The highest BCUT2D eigenvalue weighted by molar-refractivity contribution is 5.86. The summed E-state index contributed by atoms with van der Waals surface area (Å²) in [5, 5.41) is 2.88. The molecule has 78 valence electrons. The van der Waals surface area contributed by atoms with Gasteiger partial charge in [0.15, 0.2) is 0 Å². The number of amides is 1. The van der Waals surface area contributed by atoms with E-state index in [1.54, 1.807) is 6.92 Å². The molecule has 15 heavy (non-hydrogen) atoms. The lowest BCUT2D eigenvalue weighted by atomic mass is 9.93. The summed E-state index contributed by atoms with van der Waals surface area (Å²) < 4.78 is 0. The molecule has 0 heterocycles. The number of carbonyl (C=O) groups excluding carboxylic acids is 1. The fourth-order valence-corrected chi connectivity index (χ4v) is 1.98. The average molecular weight is 201 g/mol. The van der Waals surface area contributed by atoms with Crippen molar-refractivity contribution in [2.75, 3.05) is 0 Å². The summed E-state index contributed by atoms with van der Waals surface area (Å²) in [7, 11) is 0. The molecule has 1 amide bonds. The van der Waals surface area contributed by atoms with Crippen molar-refractivity contribution in [3.8, 4) is 0 Å². The van der Waals surface area contributed by atoms with Gasteiger partial charge in [-0.3, -0.25) is 4.79 Å². The fourth-order valence-electron chi connectivity index (χ4n) is 1.98. The van der Waals surface area contributed by atoms with Crippen LogP contribution in [0.3, 0.4) is 0 Å². The molecule has 1 N–H and O–H groups in total. The van der Waals surface area contributed by atoms with Gasteiger partial charge in [-0.1, -0.05) is 29.8 Å². The molecular formula is C13H15NO. The highest BCUT2D eigenvalue weighted by Gasteiger charge is 2.12. The van der Waals surface area contributed by atoms with Crippen molar-refractivity contribution in [1.29, 1.82) is 0 Å². The van der Waals surface area contributed by atoms with E-state index in [9.17, 15) is 4.79 Å². The van der Waals surface area contributed by atoms with Gasteiger partial charge in [0.25, 0.3) is 0 Å². The van der Waals surface area contributed by atoms with Gasteiger partial charge in [-0.05, 0) is 25.3 Å². The molecule has 0 aromatic heterocycles. The van der Waals surface area contributed by atoms with Crippen LogP contribution in [0.2, 0.25) is 0 Å². The third-order valence-electron chi connectivity index (χ3n) is 2.62. The van der Waals surface area contributed by atoms with E-state index in [0.29, 0.717) is 0 Å². The zero-order chi connectivity index (χ0) is 10.8. The molecule has 1 aliphatic carbocycles. The van der Waals surface area contributed by atoms with Crippen LogP contribution in [-0.2, 0) is 11.2 Å². The van der Waals surface area contributed by atoms with Crippen molar-refractivity contribution in [2.45, 2.75) is 26.7 Å². The Morgan fingerprint density at radius 3 is 2.93 bits per heavy atom. The Morgan fingerprint density at radius 2 is 2.20 bits per heavy atom. The van der Waals surface area contributed by atoms with Gasteiger partial charge in [0.1, 0.15) is 0 Å². The van der Waals surface area contributed by atoms with Crippen LogP contribution in [0.25, 0.3) is 5.70 Å². The van der Waals surface area contributed by atoms with Crippen LogP contribution in [-0.4, -0.2) is 5.91 Å². The quantitative estimate of drug-likeness (QED) is 0.742. The predicted octanol–water partition coefficient (Wildman–Crippen LogP) is 2.42. The molecule has 0 radical (unpaired) electrons. The number of allylic oxidation sites excluding steroid dienone is 1. The summed E-state index contributed by atoms with van der Waals surface area (Å²) in [6.45, 7) is 3.64. The van der Waals surface area contributed by atoms with Gasteiger partial charge in [0.2, 0.25) is 5.91 Å². The first-order chi connectivity index (χ1) is 7.16. The molecule has 0 bridgehead atoms. The van der Waals surface area contributed by atoms with Gasteiger partial charge in [0, 0.05) is 18.2 Å². The van der Waals surface area contributed by atoms with Crippen LogP contribution in [0.1, 0.15) is 30.0 Å². The number of fused-ring (bicyclic) bond motifs is 1. The van der Waals surface area contributed by atoms with E-state index in [0.717, 1.165) is 18.5 Å². The second-order valence-electron chi connectivity index (χ2n) is 4.00. The lowest BCUT2D eigenvalue weighted by molar-refractivity contribution is -0.117. The van der Waals surface area contributed by atoms with Gasteiger partial charge in [-0.2, -0.15) is 0 Å². The zero-order valence-corrected chi connectivity index (χ0v) is 9.13. The van der Waals surface area contributed by atoms with E-state index in [1.807, 2.05) is 0 Å². The van der Waals surface area contributed by atoms with Crippen LogP contribution in [0, 0.1) is 6.92 Å². The lowest BCUT2D eigenvalue weighted by Crippen LogP contribution is -2.20. The van der Waals surface area contributed by atoms with Gasteiger partial charge in [0.05, 0.1) is 0 Å². The Balaban J connectivity index is 2.38. The largest absolute Gasteiger partial charge is 0.326 e. The van der Waals surface area contributed by atoms with E-state index in [2.05, 4.69) is 36.5 Å². The highest BCUT2D eigenvalue weighted by atomic mass is 16.1. The Morgan fingerprint density at radius 1 is 1.40 bits per heavy atom. The minimum absolute atomic E-state index is 0.00493. The molecule has 0 unspecified atom stereocenters. The van der Waals surface area contributed by atoms with Gasteiger partial charge < -0.3 is 5.32 Å². The Hall–Kier alpha value is -1.57. The molecule has 0 saturated heterocycles. The number of benzene rings is 1. The molecule has 2 rings (SSSR count). The maximum absolute atomic E-state index is 11.0. The SMILES string of the molecule is CC(=O)NC1=CCCc2cc(C)ccc21. The fraction of sp³-hybridized carbons (Fsp3) is 0.308. The van der Waals surface area contributed by atoms with Crippen molar-refractivity contribution in [3.63, 3.8) is 0 Å². The first-order valence-corrected chi connectivity index (χ1v) is 5.24. The maximum Gasteiger partial charge on any atom is 0.221 e. The first-order valence-electron chi connectivity index (χ1n) is 5.24. The molecule has 0 saturated carbocycles. The van der Waals surface area contributed by atoms with Gasteiger partial charge in [-0.25, -0.2) is 0 Å². The molecule has 0 atom stereocenters. The maximum atomic E-state index is 11.0. The summed E-state index contributed by atoms with van der Waals surface area (Å²) in [6, 6.07) is 6.37. The first kappa shape index (κ1) is 9.97. The summed E-state index contributed by atoms with van der Waals surface area (Å²) >= 11 is 0. The van der Waals surface area contributed by atoms with E-state index in [-0.39, 0.29) is 5.91 Å². The normalized spacial score (nSPS) is 14.1. The second-order valence-corrected chi connectivity index (χ2v) is 4.00. The minimum Gasteiger partial charge on any atom is -0.326 e. The van der Waals surface area contributed by atoms with Gasteiger partial charge >= 0.3 is 0 Å². The molecule has 1 aromatic carbocycles. The average Bonchev–Trinajstić information content (AvgIpc) is 2.16. The molecular weight excluding hydrogens is 186 g/mol. The van der Waals surface area contributed by atoms with Crippen molar-refractivity contribution >= 4 is 11.6 Å². The van der Waals surface area contributed by atoms with Crippen LogP contribution >= 0.6 is 0 Å². The summed E-state index contributed by atoms with van der Waals surface area (Å²) in [5.74, 6) is -0.00493. The summed E-state index contributed by atoms with van der Waals surface area (Å²) in [4.78, 5) is 11.0. The Bertz CT molecular complexity index is 432. The minimum atomic E-state index is -0.00493. The van der Waals surface area contributed by atoms with E-state index in [1.165, 1.54) is 16.7 Å². The molecule has 0 fully saturated rings. The van der Waals surface area contributed by atoms with E-state index in [4.69, 9.17) is 0 Å². The predicted molar refractivity (Wildman–Crippen MR) is 61.3 cm³/mol. The third-order valence-corrected chi connectivity index (χ3v) is 2.62. The second kappa shape index (κ2) is 3.89. The van der Waals surface area contributed by atoms with Gasteiger partial charge in [-0.15, -0.1) is 0 Å². The third kappa shape index (κ3) is 2.09. The Kier molecular flexibility index (Phi) is 2.58. The summed E-state index contributed by atoms with van der Waals surface area (Å²) in [5.41, 5.74) is 4.74. The smallest absolute Gasteiger partial charge is 0.221 e. The monoisotopic (exact) mass is 201 g/mol. The number of aryl methyl sites for hydroxylation is 2. The van der Waals surface area contributed by atoms with Crippen molar-refractivity contribution in [3.05, 3.63) is 41.0 Å². The molecule has 0 aliphatic heterocycles. The lowest BCUT2D eigenvalue weighted by Gasteiger charge is -2.18. The van der Waals surface area contributed by atoms with Crippen molar-refractivity contribution < 1.29 is 4.79 Å². The number of hydrogen-bond acceptors (Lipinski definition) is 1. The van der Waals surface area contributed by atoms with Crippen LogP contribution in [0.5, 0.6) is 0 Å². The molecule has 2 nitrogen and oxygen atoms in total. The van der Waals surface area contributed by atoms with Crippen LogP contribution in [0.4, 0.5) is 0 Å². The number of nitrogens with one attached hydrogen (secondary N) is 1. The number of rotatable bonds is 1. The standard InChI is InChI=1S/C13H15NO/c1-9-6-7-12-11(8-9)4-3-5-13(12)14-10(2)15/h5-8H,3-4H2,1-2H3,(H,14,15). The topological polar surface area (TPSA) is 29.1 Å². The van der Waals surface area contributed by atoms with Crippen molar-refractivity contribution in [1.82, 2.24) is 5.32 Å². The Labute approximate surface area is 90.0 Å². The van der Waals surface area contributed by atoms with Crippen LogP contribution < -0.4 is 5.32 Å². The number of hydrogen-bond donors (Lipinski definition) is 1. The van der Waals surface area contributed by atoms with E-state index >= 15 is 0 Å².